The number of carbonyl (C=O) groups excluding carboxylic acids is 2. The van der Waals surface area contributed by atoms with Gasteiger partial charge in [-0.2, -0.15) is 0 Å². The van der Waals surface area contributed by atoms with Crippen molar-refractivity contribution in [1.29, 1.82) is 0 Å². The van der Waals surface area contributed by atoms with Gasteiger partial charge >= 0.3 is 5.97 Å². The molecule has 0 spiro atoms. The van der Waals surface area contributed by atoms with Gasteiger partial charge < -0.3 is 20.5 Å². The number of aliphatic carboxylic acids is 1. The fraction of sp³-hybridized carbons (Fsp3) is 0.160. The van der Waals surface area contributed by atoms with Crippen molar-refractivity contribution >= 4 is 29.2 Å². The number of carboxylic acid groups (broad SMARTS) is 1. The van der Waals surface area contributed by atoms with E-state index in [2.05, 4.69) is 10.6 Å². The molecule has 0 radical (unpaired) electrons. The molecule has 2 amide bonds. The summed E-state index contributed by atoms with van der Waals surface area (Å²) in [7, 11) is 1.57. The Bertz CT molecular complexity index is 1100. The van der Waals surface area contributed by atoms with Crippen LogP contribution in [0.1, 0.15) is 29.3 Å². The molecular formula is C25H24N2O5. The van der Waals surface area contributed by atoms with Crippen LogP contribution in [0.4, 0.5) is 11.4 Å². The predicted molar refractivity (Wildman–Crippen MR) is 122 cm³/mol. The van der Waals surface area contributed by atoms with Crippen LogP contribution >= 0.6 is 0 Å². The molecule has 0 aliphatic heterocycles. The minimum Gasteiger partial charge on any atom is -0.497 e. The summed E-state index contributed by atoms with van der Waals surface area (Å²) in [6, 6.07) is 22.0. The summed E-state index contributed by atoms with van der Waals surface area (Å²) in [4.78, 5) is 36.9. The molecule has 0 aliphatic carbocycles. The third-order valence-electron chi connectivity index (χ3n) is 5.18. The minimum absolute atomic E-state index is 0.230. The van der Waals surface area contributed by atoms with Crippen LogP contribution in [0.25, 0.3) is 0 Å². The lowest BCUT2D eigenvalue weighted by molar-refractivity contribution is -0.145. The third-order valence-corrected chi connectivity index (χ3v) is 5.18. The molecular weight excluding hydrogens is 408 g/mol. The SMILES string of the molecule is COc1ccc(NC(=O)c2ccc(NC(=O)C[C@](C)(C(=O)O)c3ccccc3)cc2)cc1. The van der Waals surface area contributed by atoms with Gasteiger partial charge in [0.1, 0.15) is 5.75 Å². The molecule has 0 unspecified atom stereocenters. The van der Waals surface area contributed by atoms with E-state index in [0.29, 0.717) is 28.3 Å². The van der Waals surface area contributed by atoms with Crippen molar-refractivity contribution in [2.45, 2.75) is 18.8 Å². The van der Waals surface area contributed by atoms with Crippen LogP contribution in [0, 0.1) is 0 Å². The van der Waals surface area contributed by atoms with Gasteiger partial charge in [0.25, 0.3) is 5.91 Å². The van der Waals surface area contributed by atoms with Crippen molar-refractivity contribution in [3.05, 3.63) is 90.0 Å². The Kier molecular flexibility index (Phi) is 6.90. The molecule has 0 aliphatic rings. The van der Waals surface area contributed by atoms with E-state index >= 15 is 0 Å². The average molecular weight is 432 g/mol. The zero-order valence-electron chi connectivity index (χ0n) is 17.8. The molecule has 3 rings (SSSR count). The van der Waals surface area contributed by atoms with Crippen molar-refractivity contribution in [3.63, 3.8) is 0 Å². The fourth-order valence-corrected chi connectivity index (χ4v) is 3.22. The fourth-order valence-electron chi connectivity index (χ4n) is 3.22. The second-order valence-electron chi connectivity index (χ2n) is 7.49. The quantitative estimate of drug-likeness (QED) is 0.492. The minimum atomic E-state index is -1.36. The summed E-state index contributed by atoms with van der Waals surface area (Å²) in [6.07, 6.45) is -0.230. The van der Waals surface area contributed by atoms with E-state index < -0.39 is 17.3 Å². The average Bonchev–Trinajstić information content (AvgIpc) is 2.80. The highest BCUT2D eigenvalue weighted by Gasteiger charge is 2.37. The largest absolute Gasteiger partial charge is 0.497 e. The van der Waals surface area contributed by atoms with Crippen molar-refractivity contribution in [3.8, 4) is 5.75 Å². The number of nitrogens with one attached hydrogen (secondary N) is 2. The number of ether oxygens (including phenoxy) is 1. The number of hydrogen-bond donors (Lipinski definition) is 3. The van der Waals surface area contributed by atoms with Crippen molar-refractivity contribution in [2.24, 2.45) is 0 Å². The van der Waals surface area contributed by atoms with Crippen molar-refractivity contribution in [1.82, 2.24) is 0 Å². The Morgan fingerprint density at radius 3 is 1.97 bits per heavy atom. The topological polar surface area (TPSA) is 105 Å². The molecule has 0 heterocycles. The van der Waals surface area contributed by atoms with Crippen LogP contribution in [-0.4, -0.2) is 30.0 Å². The van der Waals surface area contributed by atoms with Crippen LogP contribution in [0.5, 0.6) is 5.75 Å². The molecule has 7 heteroatoms. The summed E-state index contributed by atoms with van der Waals surface area (Å²) in [6.45, 7) is 1.52. The van der Waals surface area contributed by atoms with E-state index in [-0.39, 0.29) is 12.3 Å². The summed E-state index contributed by atoms with van der Waals surface area (Å²) >= 11 is 0. The highest BCUT2D eigenvalue weighted by atomic mass is 16.5. The van der Waals surface area contributed by atoms with E-state index in [1.54, 1.807) is 86.0 Å². The predicted octanol–water partition coefficient (Wildman–Crippen LogP) is 4.32. The summed E-state index contributed by atoms with van der Waals surface area (Å²) < 4.78 is 5.09. The van der Waals surface area contributed by atoms with Crippen LogP contribution < -0.4 is 15.4 Å². The summed E-state index contributed by atoms with van der Waals surface area (Å²) in [5, 5.41) is 15.2. The summed E-state index contributed by atoms with van der Waals surface area (Å²) in [5.41, 5.74) is 0.703. The van der Waals surface area contributed by atoms with Gasteiger partial charge in [0.05, 0.1) is 12.5 Å². The van der Waals surface area contributed by atoms with Gasteiger partial charge in [-0.1, -0.05) is 30.3 Å². The standard InChI is InChI=1S/C25H24N2O5/c1-25(24(30)31,18-6-4-3-5-7-18)16-22(28)26-19-10-8-17(9-11-19)23(29)27-20-12-14-21(32-2)15-13-20/h3-15H,16H2,1-2H3,(H,26,28)(H,27,29)(H,30,31)/t25-/m0/s1. The number of hydrogen-bond acceptors (Lipinski definition) is 4. The molecule has 1 atom stereocenters. The molecule has 0 bridgehead atoms. The maximum absolute atomic E-state index is 12.6. The van der Waals surface area contributed by atoms with Gasteiger partial charge in [0.15, 0.2) is 0 Å². The maximum atomic E-state index is 12.6. The Labute approximate surface area is 186 Å². The molecule has 7 nitrogen and oxygen atoms in total. The molecule has 0 saturated carbocycles. The van der Waals surface area contributed by atoms with Gasteiger partial charge in [-0.3, -0.25) is 14.4 Å². The molecule has 3 aromatic carbocycles. The van der Waals surface area contributed by atoms with Gasteiger partial charge in [-0.05, 0) is 61.0 Å². The first-order valence-corrected chi connectivity index (χ1v) is 9.96. The van der Waals surface area contributed by atoms with Gasteiger partial charge in [0.2, 0.25) is 5.91 Å². The monoisotopic (exact) mass is 432 g/mol. The normalized spacial score (nSPS) is 12.3. The van der Waals surface area contributed by atoms with Crippen molar-refractivity contribution in [2.75, 3.05) is 17.7 Å². The molecule has 164 valence electrons. The van der Waals surface area contributed by atoms with Crippen LogP contribution in [-0.2, 0) is 15.0 Å². The third kappa shape index (κ3) is 5.31. The first-order chi connectivity index (χ1) is 15.3. The molecule has 3 aromatic rings. The number of carboxylic acids is 1. The second kappa shape index (κ2) is 9.78. The lowest BCUT2D eigenvalue weighted by atomic mass is 9.79. The lowest BCUT2D eigenvalue weighted by Crippen LogP contribution is -2.36. The van der Waals surface area contributed by atoms with Gasteiger partial charge in [-0.25, -0.2) is 0 Å². The van der Waals surface area contributed by atoms with E-state index in [1.807, 2.05) is 0 Å². The molecule has 3 N–H and O–H groups in total. The highest BCUT2D eigenvalue weighted by molar-refractivity contribution is 6.04. The lowest BCUT2D eigenvalue weighted by Gasteiger charge is -2.24. The first-order valence-electron chi connectivity index (χ1n) is 9.96. The molecule has 0 saturated heterocycles. The number of methoxy groups -OCH3 is 1. The Balaban J connectivity index is 1.63. The van der Waals surface area contributed by atoms with Gasteiger partial charge in [-0.15, -0.1) is 0 Å². The van der Waals surface area contributed by atoms with E-state index in [0.717, 1.165) is 0 Å². The molecule has 0 aromatic heterocycles. The zero-order chi connectivity index (χ0) is 23.1. The smallest absolute Gasteiger partial charge is 0.314 e. The summed E-state index contributed by atoms with van der Waals surface area (Å²) in [5.74, 6) is -1.12. The number of anilines is 2. The second-order valence-corrected chi connectivity index (χ2v) is 7.49. The number of rotatable bonds is 8. The van der Waals surface area contributed by atoms with Crippen molar-refractivity contribution < 1.29 is 24.2 Å². The van der Waals surface area contributed by atoms with Gasteiger partial charge in [0, 0.05) is 23.4 Å². The Morgan fingerprint density at radius 2 is 1.41 bits per heavy atom. The number of amides is 2. The van der Waals surface area contributed by atoms with E-state index in [9.17, 15) is 19.5 Å². The number of benzene rings is 3. The van der Waals surface area contributed by atoms with E-state index in [4.69, 9.17) is 4.74 Å². The van der Waals surface area contributed by atoms with Crippen LogP contribution in [0.2, 0.25) is 0 Å². The maximum Gasteiger partial charge on any atom is 0.314 e. The highest BCUT2D eigenvalue weighted by Crippen LogP contribution is 2.28. The van der Waals surface area contributed by atoms with Crippen LogP contribution in [0.15, 0.2) is 78.9 Å². The zero-order valence-corrected chi connectivity index (χ0v) is 17.8. The Hall–Kier alpha value is -4.13. The van der Waals surface area contributed by atoms with E-state index in [1.165, 1.54) is 6.92 Å². The first kappa shape index (κ1) is 22.6. The molecule has 32 heavy (non-hydrogen) atoms. The molecule has 0 fully saturated rings. The number of carbonyl (C=O) groups is 3. The Morgan fingerprint density at radius 1 is 0.844 bits per heavy atom. The van der Waals surface area contributed by atoms with Crippen LogP contribution in [0.3, 0.4) is 0 Å².